The Balaban J connectivity index is 2.30. The molecule has 1 heterocycles. The van der Waals surface area contributed by atoms with Crippen molar-refractivity contribution in [3.05, 3.63) is 0 Å². The molecule has 0 saturated carbocycles. The van der Waals surface area contributed by atoms with Gasteiger partial charge >= 0.3 is 0 Å². The third kappa shape index (κ3) is 4.61. The summed E-state index contributed by atoms with van der Waals surface area (Å²) in [5, 5.41) is 12.3. The molecule has 1 atom stereocenters. The highest BCUT2D eigenvalue weighted by molar-refractivity contribution is 4.93. The van der Waals surface area contributed by atoms with Gasteiger partial charge in [-0.3, -0.25) is 10.2 Å². The third-order valence-corrected chi connectivity index (χ3v) is 2.73. The fourth-order valence-electron chi connectivity index (χ4n) is 1.82. The van der Waals surface area contributed by atoms with Crippen molar-refractivity contribution in [3.8, 4) is 6.07 Å². The molecule has 0 aromatic heterocycles. The van der Waals surface area contributed by atoms with E-state index in [1.165, 1.54) is 0 Å². The van der Waals surface area contributed by atoms with Gasteiger partial charge in [0.05, 0.1) is 6.07 Å². The molecule has 0 bridgehead atoms. The largest absolute Gasteiger partial charge is 0.304 e. The molecule has 1 unspecified atom stereocenters. The van der Waals surface area contributed by atoms with Gasteiger partial charge in [0.2, 0.25) is 0 Å². The summed E-state index contributed by atoms with van der Waals surface area (Å²) < 4.78 is 0. The quantitative estimate of drug-likeness (QED) is 0.716. The summed E-state index contributed by atoms with van der Waals surface area (Å²) in [5.41, 5.74) is 0. The van der Waals surface area contributed by atoms with E-state index in [0.717, 1.165) is 32.7 Å². The minimum absolute atomic E-state index is 0.0339. The van der Waals surface area contributed by atoms with Crippen LogP contribution in [0.3, 0.4) is 0 Å². The van der Waals surface area contributed by atoms with E-state index in [-0.39, 0.29) is 6.04 Å². The summed E-state index contributed by atoms with van der Waals surface area (Å²) in [5.74, 6) is 0. The predicted molar refractivity (Wildman–Crippen MR) is 61.6 cm³/mol. The van der Waals surface area contributed by atoms with Crippen LogP contribution < -0.4 is 5.32 Å². The second-order valence-electron chi connectivity index (χ2n) is 4.61. The zero-order valence-electron chi connectivity index (χ0n) is 10.0. The van der Waals surface area contributed by atoms with Gasteiger partial charge in [-0.15, -0.1) is 0 Å². The average molecular weight is 210 g/mol. The number of rotatable bonds is 4. The van der Waals surface area contributed by atoms with Crippen LogP contribution in [0.25, 0.3) is 0 Å². The van der Waals surface area contributed by atoms with E-state index in [9.17, 15) is 0 Å². The van der Waals surface area contributed by atoms with Crippen molar-refractivity contribution in [3.63, 3.8) is 0 Å². The Hall–Kier alpha value is -0.630. The lowest BCUT2D eigenvalue weighted by Crippen LogP contribution is -2.50. The van der Waals surface area contributed by atoms with E-state index in [1.54, 1.807) is 0 Å². The fraction of sp³-hybridized carbons (Fsp3) is 0.909. The van der Waals surface area contributed by atoms with Gasteiger partial charge in [0.15, 0.2) is 0 Å². The summed E-state index contributed by atoms with van der Waals surface area (Å²) in [4.78, 5) is 4.69. The highest BCUT2D eigenvalue weighted by Crippen LogP contribution is 2.00. The summed E-state index contributed by atoms with van der Waals surface area (Å²) in [6, 6.07) is 2.67. The third-order valence-electron chi connectivity index (χ3n) is 2.73. The van der Waals surface area contributed by atoms with E-state index < -0.39 is 0 Å². The van der Waals surface area contributed by atoms with Crippen molar-refractivity contribution in [1.82, 2.24) is 15.1 Å². The Morgan fingerprint density at radius 1 is 1.27 bits per heavy atom. The summed E-state index contributed by atoms with van der Waals surface area (Å²) in [6.07, 6.45) is 0. The van der Waals surface area contributed by atoms with Gasteiger partial charge in [-0.25, -0.2) is 0 Å². The number of hydrogen-bond acceptors (Lipinski definition) is 4. The van der Waals surface area contributed by atoms with Crippen LogP contribution in [-0.4, -0.2) is 61.7 Å². The highest BCUT2D eigenvalue weighted by Gasteiger charge is 2.18. The SMILES string of the molecule is CC(C)NC(C#N)CN1CCN(C)CC1. The number of nitrogens with one attached hydrogen (secondary N) is 1. The summed E-state index contributed by atoms with van der Waals surface area (Å²) in [7, 11) is 2.14. The minimum Gasteiger partial charge on any atom is -0.304 e. The molecule has 1 rings (SSSR count). The van der Waals surface area contributed by atoms with E-state index in [1.807, 2.05) is 0 Å². The molecule has 4 nitrogen and oxygen atoms in total. The standard InChI is InChI=1S/C11H22N4/c1-10(2)13-11(8-12)9-15-6-4-14(3)5-7-15/h10-11,13H,4-7,9H2,1-3H3. The molecule has 86 valence electrons. The Morgan fingerprint density at radius 3 is 2.33 bits per heavy atom. The Kier molecular flexibility index (Phi) is 5.03. The zero-order valence-corrected chi connectivity index (χ0v) is 10.0. The molecular weight excluding hydrogens is 188 g/mol. The van der Waals surface area contributed by atoms with Gasteiger partial charge in [-0.2, -0.15) is 5.26 Å². The van der Waals surface area contributed by atoms with Gasteiger partial charge in [0.1, 0.15) is 6.04 Å². The first-order valence-corrected chi connectivity index (χ1v) is 5.68. The van der Waals surface area contributed by atoms with Crippen molar-refractivity contribution >= 4 is 0 Å². The average Bonchev–Trinajstić information content (AvgIpc) is 2.19. The molecule has 0 aromatic carbocycles. The van der Waals surface area contributed by atoms with Gasteiger partial charge < -0.3 is 4.90 Å². The Bertz CT molecular complexity index is 213. The maximum atomic E-state index is 9.01. The van der Waals surface area contributed by atoms with Crippen LogP contribution in [0.5, 0.6) is 0 Å². The monoisotopic (exact) mass is 210 g/mol. The first-order chi connectivity index (χ1) is 7.11. The normalized spacial score (nSPS) is 21.5. The van der Waals surface area contributed by atoms with Crippen LogP contribution in [0.15, 0.2) is 0 Å². The highest BCUT2D eigenvalue weighted by atomic mass is 15.3. The topological polar surface area (TPSA) is 42.3 Å². The second-order valence-corrected chi connectivity index (χ2v) is 4.61. The summed E-state index contributed by atoms with van der Waals surface area (Å²) >= 11 is 0. The lowest BCUT2D eigenvalue weighted by molar-refractivity contribution is 0.147. The first-order valence-electron chi connectivity index (χ1n) is 5.68. The number of nitrogens with zero attached hydrogens (tertiary/aromatic N) is 3. The number of piperazine rings is 1. The van der Waals surface area contributed by atoms with Crippen LogP contribution in [-0.2, 0) is 0 Å². The van der Waals surface area contributed by atoms with Crippen molar-refractivity contribution in [2.75, 3.05) is 39.8 Å². The van der Waals surface area contributed by atoms with Crippen molar-refractivity contribution in [2.45, 2.75) is 25.9 Å². The van der Waals surface area contributed by atoms with Crippen molar-refractivity contribution in [2.24, 2.45) is 0 Å². The molecule has 0 spiro atoms. The number of nitriles is 1. The van der Waals surface area contributed by atoms with Crippen LogP contribution in [0, 0.1) is 11.3 Å². The van der Waals surface area contributed by atoms with E-state index in [4.69, 9.17) is 5.26 Å². The lowest BCUT2D eigenvalue weighted by atomic mass is 10.2. The Morgan fingerprint density at radius 2 is 1.87 bits per heavy atom. The minimum atomic E-state index is -0.0339. The summed E-state index contributed by atoms with van der Waals surface area (Å²) in [6.45, 7) is 9.38. The zero-order chi connectivity index (χ0) is 11.3. The molecule has 1 fully saturated rings. The first kappa shape index (κ1) is 12.4. The van der Waals surface area contributed by atoms with Gasteiger partial charge in [-0.1, -0.05) is 0 Å². The molecule has 1 aliphatic rings. The van der Waals surface area contributed by atoms with E-state index in [2.05, 4.69) is 42.1 Å². The Labute approximate surface area is 92.8 Å². The second kappa shape index (κ2) is 6.06. The lowest BCUT2D eigenvalue weighted by Gasteiger charge is -2.33. The van der Waals surface area contributed by atoms with Gasteiger partial charge in [0, 0.05) is 38.8 Å². The maximum absolute atomic E-state index is 9.01. The molecule has 1 saturated heterocycles. The van der Waals surface area contributed by atoms with Crippen molar-refractivity contribution in [1.29, 1.82) is 5.26 Å². The van der Waals surface area contributed by atoms with Gasteiger partial charge in [-0.05, 0) is 20.9 Å². The molecule has 0 radical (unpaired) electrons. The van der Waals surface area contributed by atoms with E-state index in [0.29, 0.717) is 6.04 Å². The molecule has 0 amide bonds. The molecule has 4 heteroatoms. The molecular formula is C11H22N4. The predicted octanol–water partition coefficient (Wildman–Crippen LogP) is 0.124. The number of likely N-dealkylation sites (N-methyl/N-ethyl adjacent to an activating group) is 1. The van der Waals surface area contributed by atoms with E-state index >= 15 is 0 Å². The van der Waals surface area contributed by atoms with Crippen LogP contribution in [0.1, 0.15) is 13.8 Å². The van der Waals surface area contributed by atoms with Gasteiger partial charge in [0.25, 0.3) is 0 Å². The molecule has 1 aliphatic heterocycles. The molecule has 0 aliphatic carbocycles. The molecule has 0 aromatic rings. The van der Waals surface area contributed by atoms with Crippen LogP contribution in [0.4, 0.5) is 0 Å². The maximum Gasteiger partial charge on any atom is 0.108 e. The van der Waals surface area contributed by atoms with Crippen LogP contribution >= 0.6 is 0 Å². The fourth-order valence-corrected chi connectivity index (χ4v) is 1.82. The number of hydrogen-bond donors (Lipinski definition) is 1. The molecule has 1 N–H and O–H groups in total. The smallest absolute Gasteiger partial charge is 0.108 e. The molecule has 15 heavy (non-hydrogen) atoms. The van der Waals surface area contributed by atoms with Crippen molar-refractivity contribution < 1.29 is 0 Å². The van der Waals surface area contributed by atoms with Crippen LogP contribution in [0.2, 0.25) is 0 Å².